The molecule has 1 rings (SSSR count). The van der Waals surface area contributed by atoms with E-state index in [1.165, 1.54) is 56.6 Å². The van der Waals surface area contributed by atoms with Gasteiger partial charge in [-0.2, -0.15) is 11.8 Å². The Balaban J connectivity index is 2.38. The van der Waals surface area contributed by atoms with Crippen LogP contribution in [-0.4, -0.2) is 25.1 Å². The highest BCUT2D eigenvalue weighted by Crippen LogP contribution is 2.38. The molecule has 17 heavy (non-hydrogen) atoms. The first-order chi connectivity index (χ1) is 8.31. The van der Waals surface area contributed by atoms with E-state index in [4.69, 9.17) is 0 Å². The summed E-state index contributed by atoms with van der Waals surface area (Å²) in [7, 11) is 2.11. The summed E-state index contributed by atoms with van der Waals surface area (Å²) in [4.78, 5) is 0. The van der Waals surface area contributed by atoms with Gasteiger partial charge in [0.1, 0.15) is 0 Å². The van der Waals surface area contributed by atoms with Crippen LogP contribution in [-0.2, 0) is 0 Å². The maximum absolute atomic E-state index is 3.40. The van der Waals surface area contributed by atoms with Crippen LogP contribution in [0.15, 0.2) is 0 Å². The molecule has 2 heteroatoms. The molecule has 0 amide bonds. The molecule has 0 aromatic carbocycles. The predicted octanol–water partition coefficient (Wildman–Crippen LogP) is 4.18. The molecule has 0 radical (unpaired) electrons. The minimum absolute atomic E-state index is 0.950. The number of nitrogens with one attached hydrogen (secondary N) is 1. The lowest BCUT2D eigenvalue weighted by atomic mass is 9.71. The van der Waals surface area contributed by atoms with E-state index < -0.39 is 0 Å². The topological polar surface area (TPSA) is 12.0 Å². The molecule has 3 atom stereocenters. The standard InChI is InChI=1S/C15H31NS/c1-4-6-13-7-8-15(12-16-3)14(11-13)9-10-17-5-2/h13-16H,4-12H2,1-3H3. The van der Waals surface area contributed by atoms with Crippen molar-refractivity contribution in [2.45, 2.75) is 52.4 Å². The second kappa shape index (κ2) is 9.27. The van der Waals surface area contributed by atoms with E-state index in [0.717, 1.165) is 17.8 Å². The van der Waals surface area contributed by atoms with E-state index in [1.807, 2.05) is 0 Å². The third kappa shape index (κ3) is 5.65. The number of hydrogen-bond donors (Lipinski definition) is 1. The highest BCUT2D eigenvalue weighted by atomic mass is 32.2. The number of thioether (sulfide) groups is 1. The molecule has 0 aromatic heterocycles. The van der Waals surface area contributed by atoms with Gasteiger partial charge in [-0.15, -0.1) is 0 Å². The van der Waals surface area contributed by atoms with Gasteiger partial charge in [-0.25, -0.2) is 0 Å². The van der Waals surface area contributed by atoms with E-state index in [-0.39, 0.29) is 0 Å². The zero-order valence-electron chi connectivity index (χ0n) is 12.0. The zero-order valence-corrected chi connectivity index (χ0v) is 12.8. The van der Waals surface area contributed by atoms with E-state index in [9.17, 15) is 0 Å². The van der Waals surface area contributed by atoms with Gasteiger partial charge in [0.25, 0.3) is 0 Å². The summed E-state index contributed by atoms with van der Waals surface area (Å²) in [6.07, 6.45) is 8.74. The van der Waals surface area contributed by atoms with Crippen molar-refractivity contribution in [1.82, 2.24) is 5.32 Å². The summed E-state index contributed by atoms with van der Waals surface area (Å²) in [5, 5.41) is 3.40. The summed E-state index contributed by atoms with van der Waals surface area (Å²) in [5.74, 6) is 5.63. The fourth-order valence-corrected chi connectivity index (χ4v) is 4.12. The fraction of sp³-hybridized carbons (Fsp3) is 1.00. The van der Waals surface area contributed by atoms with Crippen LogP contribution in [0.3, 0.4) is 0 Å². The number of hydrogen-bond acceptors (Lipinski definition) is 2. The molecule has 1 saturated carbocycles. The molecule has 0 heterocycles. The molecule has 0 spiro atoms. The van der Waals surface area contributed by atoms with E-state index >= 15 is 0 Å². The van der Waals surface area contributed by atoms with Crippen molar-refractivity contribution < 1.29 is 0 Å². The Kier molecular flexibility index (Phi) is 8.38. The summed E-state index contributed by atoms with van der Waals surface area (Å²) >= 11 is 2.12. The number of rotatable bonds is 8. The van der Waals surface area contributed by atoms with Gasteiger partial charge in [-0.1, -0.05) is 33.1 Å². The third-order valence-corrected chi connectivity index (χ3v) is 5.18. The van der Waals surface area contributed by atoms with Crippen molar-refractivity contribution >= 4 is 11.8 Å². The van der Waals surface area contributed by atoms with Gasteiger partial charge in [-0.3, -0.25) is 0 Å². The van der Waals surface area contributed by atoms with Crippen LogP contribution in [0.25, 0.3) is 0 Å². The molecule has 1 aliphatic carbocycles. The Morgan fingerprint density at radius 1 is 1.12 bits per heavy atom. The summed E-state index contributed by atoms with van der Waals surface area (Å²) in [6, 6.07) is 0. The Hall–Kier alpha value is 0.310. The minimum atomic E-state index is 0.950. The maximum atomic E-state index is 3.40. The normalized spacial score (nSPS) is 29.5. The van der Waals surface area contributed by atoms with Crippen LogP contribution in [0.1, 0.15) is 52.4 Å². The van der Waals surface area contributed by atoms with Crippen LogP contribution in [0.2, 0.25) is 0 Å². The first kappa shape index (κ1) is 15.4. The zero-order chi connectivity index (χ0) is 12.5. The van der Waals surface area contributed by atoms with Crippen LogP contribution >= 0.6 is 11.8 Å². The molecular weight excluding hydrogens is 226 g/mol. The quantitative estimate of drug-likeness (QED) is 0.655. The molecule has 0 bridgehead atoms. The molecule has 1 fully saturated rings. The average molecular weight is 257 g/mol. The lowest BCUT2D eigenvalue weighted by molar-refractivity contribution is 0.167. The summed E-state index contributed by atoms with van der Waals surface area (Å²) in [6.45, 7) is 5.85. The van der Waals surface area contributed by atoms with Crippen LogP contribution in [0.5, 0.6) is 0 Å². The lowest BCUT2D eigenvalue weighted by Crippen LogP contribution is -2.32. The average Bonchev–Trinajstić information content (AvgIpc) is 2.33. The second-order valence-corrected chi connectivity index (χ2v) is 6.93. The van der Waals surface area contributed by atoms with Gasteiger partial charge in [0.15, 0.2) is 0 Å². The second-order valence-electron chi connectivity index (χ2n) is 5.53. The molecule has 1 N–H and O–H groups in total. The Labute approximate surface area is 113 Å². The molecule has 1 aliphatic rings. The smallest absolute Gasteiger partial charge is 0.00209 e. The molecule has 3 unspecified atom stereocenters. The van der Waals surface area contributed by atoms with Crippen LogP contribution in [0.4, 0.5) is 0 Å². The lowest BCUT2D eigenvalue weighted by Gasteiger charge is -2.36. The van der Waals surface area contributed by atoms with Gasteiger partial charge >= 0.3 is 0 Å². The predicted molar refractivity (Wildman–Crippen MR) is 80.8 cm³/mol. The van der Waals surface area contributed by atoms with Crippen LogP contribution < -0.4 is 5.32 Å². The van der Waals surface area contributed by atoms with E-state index in [2.05, 4.69) is 38.0 Å². The molecule has 0 aromatic rings. The third-order valence-electron chi connectivity index (χ3n) is 4.25. The van der Waals surface area contributed by atoms with Crippen molar-refractivity contribution in [3.8, 4) is 0 Å². The van der Waals surface area contributed by atoms with Crippen molar-refractivity contribution in [2.24, 2.45) is 17.8 Å². The van der Waals surface area contributed by atoms with Crippen molar-refractivity contribution in [1.29, 1.82) is 0 Å². The van der Waals surface area contributed by atoms with Gasteiger partial charge in [0, 0.05) is 0 Å². The highest BCUT2D eigenvalue weighted by Gasteiger charge is 2.29. The van der Waals surface area contributed by atoms with Crippen molar-refractivity contribution in [2.75, 3.05) is 25.1 Å². The van der Waals surface area contributed by atoms with Crippen LogP contribution in [0, 0.1) is 17.8 Å². The maximum Gasteiger partial charge on any atom is -0.00209 e. The minimum Gasteiger partial charge on any atom is -0.319 e. The SMILES string of the molecule is CCCC1CCC(CNC)C(CCSCC)C1. The Morgan fingerprint density at radius 3 is 2.59 bits per heavy atom. The fourth-order valence-electron chi connectivity index (χ4n) is 3.36. The van der Waals surface area contributed by atoms with Crippen molar-refractivity contribution in [3.63, 3.8) is 0 Å². The van der Waals surface area contributed by atoms with Crippen molar-refractivity contribution in [3.05, 3.63) is 0 Å². The first-order valence-corrected chi connectivity index (χ1v) is 8.69. The van der Waals surface area contributed by atoms with Gasteiger partial charge in [-0.05, 0) is 62.1 Å². The molecule has 1 nitrogen and oxygen atoms in total. The van der Waals surface area contributed by atoms with Gasteiger partial charge in [0.05, 0.1) is 0 Å². The van der Waals surface area contributed by atoms with Gasteiger partial charge in [0.2, 0.25) is 0 Å². The van der Waals surface area contributed by atoms with E-state index in [0.29, 0.717) is 0 Å². The highest BCUT2D eigenvalue weighted by molar-refractivity contribution is 7.99. The largest absolute Gasteiger partial charge is 0.319 e. The Bertz CT molecular complexity index is 184. The first-order valence-electron chi connectivity index (χ1n) is 7.54. The Morgan fingerprint density at radius 2 is 1.94 bits per heavy atom. The molecular formula is C15H31NS. The summed E-state index contributed by atoms with van der Waals surface area (Å²) < 4.78 is 0. The molecule has 0 aliphatic heterocycles. The monoisotopic (exact) mass is 257 g/mol. The molecule has 0 saturated heterocycles. The van der Waals surface area contributed by atoms with Gasteiger partial charge < -0.3 is 5.32 Å². The molecule has 102 valence electrons. The summed E-state index contributed by atoms with van der Waals surface area (Å²) in [5.41, 5.74) is 0. The van der Waals surface area contributed by atoms with E-state index in [1.54, 1.807) is 0 Å².